The van der Waals surface area contributed by atoms with Crippen molar-refractivity contribution in [1.82, 2.24) is 10.3 Å². The van der Waals surface area contributed by atoms with Gasteiger partial charge in [-0.1, -0.05) is 6.92 Å². The Morgan fingerprint density at radius 3 is 2.83 bits per heavy atom. The van der Waals surface area contributed by atoms with Crippen molar-refractivity contribution in [2.75, 3.05) is 11.9 Å². The normalized spacial score (nSPS) is 11.4. The molecule has 1 unspecified atom stereocenters. The first-order valence-electron chi connectivity index (χ1n) is 6.79. The minimum Gasteiger partial charge on any atom is -0.458 e. The van der Waals surface area contributed by atoms with Crippen LogP contribution < -0.4 is 16.4 Å². The molecule has 7 nitrogen and oxygen atoms in total. The number of amides is 2. The van der Waals surface area contributed by atoms with Crippen molar-refractivity contribution >= 4 is 40.7 Å². The van der Waals surface area contributed by atoms with Gasteiger partial charge in [-0.15, -0.1) is 23.7 Å². The van der Waals surface area contributed by atoms with E-state index in [1.807, 2.05) is 0 Å². The summed E-state index contributed by atoms with van der Waals surface area (Å²) in [6.45, 7) is 3.82. The summed E-state index contributed by atoms with van der Waals surface area (Å²) in [5, 5.41) is 7.67. The van der Waals surface area contributed by atoms with Crippen LogP contribution in [-0.4, -0.2) is 23.3 Å². The summed E-state index contributed by atoms with van der Waals surface area (Å²) in [5.74, 6) is 0.685. The molecule has 0 bridgehead atoms. The van der Waals surface area contributed by atoms with E-state index in [0.717, 1.165) is 0 Å². The number of thiazole rings is 1. The van der Waals surface area contributed by atoms with E-state index in [9.17, 15) is 9.59 Å². The molecule has 0 spiro atoms. The van der Waals surface area contributed by atoms with Crippen LogP contribution in [0.15, 0.2) is 21.9 Å². The summed E-state index contributed by atoms with van der Waals surface area (Å²) in [6.07, 6.45) is 0. The third-order valence-electron chi connectivity index (χ3n) is 2.96. The van der Waals surface area contributed by atoms with Gasteiger partial charge < -0.3 is 20.8 Å². The fourth-order valence-electron chi connectivity index (χ4n) is 1.60. The number of nitrogens with one attached hydrogen (secondary N) is 2. The number of carbonyl (C=O) groups excluding carboxylic acids is 2. The van der Waals surface area contributed by atoms with Gasteiger partial charge in [0.2, 0.25) is 11.8 Å². The molecule has 2 aromatic heterocycles. The van der Waals surface area contributed by atoms with Crippen LogP contribution in [0.2, 0.25) is 0 Å². The van der Waals surface area contributed by atoms with Crippen LogP contribution in [0.4, 0.5) is 5.13 Å². The highest BCUT2D eigenvalue weighted by Crippen LogP contribution is 2.26. The fraction of sp³-hybridized carbons (Fsp3) is 0.357. The highest BCUT2D eigenvalue weighted by Gasteiger charge is 2.14. The number of nitrogens with two attached hydrogens (primary N) is 1. The maximum absolute atomic E-state index is 11.8. The molecule has 0 saturated heterocycles. The monoisotopic (exact) mass is 358 g/mol. The van der Waals surface area contributed by atoms with Crippen LogP contribution in [0.3, 0.4) is 0 Å². The number of hydrogen-bond donors (Lipinski definition) is 3. The van der Waals surface area contributed by atoms with Crippen molar-refractivity contribution < 1.29 is 14.0 Å². The van der Waals surface area contributed by atoms with Gasteiger partial charge in [-0.2, -0.15) is 0 Å². The van der Waals surface area contributed by atoms with E-state index >= 15 is 0 Å². The van der Waals surface area contributed by atoms with E-state index in [-0.39, 0.29) is 36.7 Å². The largest absolute Gasteiger partial charge is 0.458 e. The van der Waals surface area contributed by atoms with Crippen LogP contribution in [0.1, 0.15) is 19.6 Å². The predicted octanol–water partition coefficient (Wildman–Crippen LogP) is 1.99. The first kappa shape index (κ1) is 19.1. The molecule has 2 rings (SSSR count). The Bertz CT molecular complexity index is 671. The lowest BCUT2D eigenvalue weighted by molar-refractivity contribution is -0.120. The molecule has 126 valence electrons. The van der Waals surface area contributed by atoms with Crippen LogP contribution >= 0.6 is 23.7 Å². The van der Waals surface area contributed by atoms with Crippen molar-refractivity contribution in [1.29, 1.82) is 0 Å². The fourth-order valence-corrected chi connectivity index (χ4v) is 2.30. The van der Waals surface area contributed by atoms with Gasteiger partial charge in [-0.25, -0.2) is 4.98 Å². The molecule has 4 N–H and O–H groups in total. The average molecular weight is 359 g/mol. The van der Waals surface area contributed by atoms with Crippen molar-refractivity contribution in [2.45, 2.75) is 20.4 Å². The molecule has 23 heavy (non-hydrogen) atoms. The maximum Gasteiger partial charge on any atom is 0.230 e. The zero-order valence-corrected chi connectivity index (χ0v) is 14.4. The first-order chi connectivity index (χ1) is 10.5. The second kappa shape index (κ2) is 8.66. The number of anilines is 1. The highest BCUT2D eigenvalue weighted by molar-refractivity contribution is 7.14. The molecule has 0 aliphatic carbocycles. The van der Waals surface area contributed by atoms with E-state index in [4.69, 9.17) is 10.2 Å². The van der Waals surface area contributed by atoms with Crippen molar-refractivity contribution in [2.24, 2.45) is 11.7 Å². The predicted molar refractivity (Wildman–Crippen MR) is 91.4 cm³/mol. The van der Waals surface area contributed by atoms with E-state index in [1.165, 1.54) is 18.3 Å². The van der Waals surface area contributed by atoms with E-state index in [1.54, 1.807) is 24.4 Å². The van der Waals surface area contributed by atoms with Crippen LogP contribution in [-0.2, 0) is 16.1 Å². The number of aromatic nitrogens is 1. The lowest BCUT2D eigenvalue weighted by Gasteiger charge is -2.06. The SMILES string of the molecule is CC(=O)NCc1ccc(-c2csc(NC(=O)C(C)CN)n2)o1.Cl. The molecular formula is C14H19ClN4O3S. The second-order valence-corrected chi connectivity index (χ2v) is 5.70. The summed E-state index contributed by atoms with van der Waals surface area (Å²) in [4.78, 5) is 26.9. The van der Waals surface area contributed by atoms with Crippen LogP contribution in [0.5, 0.6) is 0 Å². The molecular weight excluding hydrogens is 340 g/mol. The number of furan rings is 1. The summed E-state index contributed by atoms with van der Waals surface area (Å²) in [7, 11) is 0. The Kier molecular flexibility index (Phi) is 7.21. The van der Waals surface area contributed by atoms with E-state index in [2.05, 4.69) is 15.6 Å². The standard InChI is InChI=1S/C14H18N4O3S.ClH/c1-8(5-15)13(20)18-14-17-11(7-22-14)12-4-3-10(21-12)6-16-9(2)19;/h3-4,7-8H,5-6,15H2,1-2H3,(H,16,19)(H,17,18,20);1H. The topological polar surface area (TPSA) is 110 Å². The molecule has 2 amide bonds. The van der Waals surface area contributed by atoms with Gasteiger partial charge in [0.1, 0.15) is 11.5 Å². The molecule has 1 atom stereocenters. The Balaban J connectivity index is 0.00000264. The van der Waals surface area contributed by atoms with Gasteiger partial charge in [0, 0.05) is 24.8 Å². The number of halogens is 1. The Morgan fingerprint density at radius 1 is 1.43 bits per heavy atom. The Labute approximate surface area is 144 Å². The smallest absolute Gasteiger partial charge is 0.230 e. The van der Waals surface area contributed by atoms with Gasteiger partial charge in [0.05, 0.1) is 6.54 Å². The van der Waals surface area contributed by atoms with Crippen molar-refractivity contribution in [3.63, 3.8) is 0 Å². The van der Waals surface area contributed by atoms with Gasteiger partial charge >= 0.3 is 0 Å². The Hall–Kier alpha value is -1.90. The average Bonchev–Trinajstić information content (AvgIpc) is 3.12. The zero-order chi connectivity index (χ0) is 16.1. The summed E-state index contributed by atoms with van der Waals surface area (Å²) < 4.78 is 5.60. The van der Waals surface area contributed by atoms with Crippen molar-refractivity contribution in [3.05, 3.63) is 23.3 Å². The molecule has 0 radical (unpaired) electrons. The minimum absolute atomic E-state index is 0. The summed E-state index contributed by atoms with van der Waals surface area (Å²) in [5.41, 5.74) is 6.09. The molecule has 0 saturated carbocycles. The molecule has 2 heterocycles. The first-order valence-corrected chi connectivity index (χ1v) is 7.67. The van der Waals surface area contributed by atoms with Crippen LogP contribution in [0.25, 0.3) is 11.5 Å². The highest BCUT2D eigenvalue weighted by atomic mass is 35.5. The summed E-state index contributed by atoms with van der Waals surface area (Å²) >= 11 is 1.31. The second-order valence-electron chi connectivity index (χ2n) is 4.84. The molecule has 0 aliphatic rings. The van der Waals surface area contributed by atoms with E-state index in [0.29, 0.717) is 28.9 Å². The lowest BCUT2D eigenvalue weighted by Crippen LogP contribution is -2.26. The van der Waals surface area contributed by atoms with E-state index < -0.39 is 0 Å². The van der Waals surface area contributed by atoms with Gasteiger partial charge in [-0.05, 0) is 12.1 Å². The van der Waals surface area contributed by atoms with Crippen LogP contribution in [0, 0.1) is 5.92 Å². The van der Waals surface area contributed by atoms with Gasteiger partial charge in [0.15, 0.2) is 10.9 Å². The third-order valence-corrected chi connectivity index (χ3v) is 3.72. The maximum atomic E-state index is 11.8. The third kappa shape index (κ3) is 5.34. The van der Waals surface area contributed by atoms with Gasteiger partial charge in [0.25, 0.3) is 0 Å². The lowest BCUT2D eigenvalue weighted by atomic mass is 10.2. The molecule has 9 heteroatoms. The number of nitrogens with zero attached hydrogens (tertiary/aromatic N) is 1. The molecule has 2 aromatic rings. The zero-order valence-electron chi connectivity index (χ0n) is 12.8. The van der Waals surface area contributed by atoms with Gasteiger partial charge in [-0.3, -0.25) is 9.59 Å². The number of carbonyl (C=O) groups is 2. The molecule has 0 fully saturated rings. The molecule has 0 aliphatic heterocycles. The minimum atomic E-state index is -0.264. The molecule has 0 aromatic carbocycles. The summed E-state index contributed by atoms with van der Waals surface area (Å²) in [6, 6.07) is 3.56. The Morgan fingerprint density at radius 2 is 2.17 bits per heavy atom. The number of hydrogen-bond acceptors (Lipinski definition) is 6. The quantitative estimate of drug-likeness (QED) is 0.731. The number of rotatable bonds is 6. The van der Waals surface area contributed by atoms with Crippen molar-refractivity contribution in [3.8, 4) is 11.5 Å².